The highest BCUT2D eigenvalue weighted by Gasteiger charge is 2.20. The van der Waals surface area contributed by atoms with Gasteiger partial charge in [-0.15, -0.1) is 0 Å². The lowest BCUT2D eigenvalue weighted by atomic mass is 10.1. The fourth-order valence-electron chi connectivity index (χ4n) is 1.10. The Balaban J connectivity index is 3.08. The molecule has 1 N–H and O–H groups in total. The van der Waals surface area contributed by atoms with Gasteiger partial charge in [-0.3, -0.25) is 14.9 Å². The number of aromatic nitrogens is 1. The number of rotatable bonds is 2. The number of carbonyl (C=O) groups is 1. The van der Waals surface area contributed by atoms with Crippen LogP contribution in [0.1, 0.15) is 31.1 Å². The van der Waals surface area contributed by atoms with Crippen molar-refractivity contribution >= 4 is 23.2 Å². The number of amides is 1. The summed E-state index contributed by atoms with van der Waals surface area (Å²) >= 11 is 5.73. The SMILES string of the molecule is CC(C)(C)NC(=O)c1cc([N+](=O)[O-])cnc1Cl. The summed E-state index contributed by atoms with van der Waals surface area (Å²) < 4.78 is 0. The highest BCUT2D eigenvalue weighted by atomic mass is 35.5. The maximum Gasteiger partial charge on any atom is 0.288 e. The van der Waals surface area contributed by atoms with Crippen LogP contribution in [0.25, 0.3) is 0 Å². The molecule has 0 aromatic carbocycles. The minimum Gasteiger partial charge on any atom is -0.347 e. The van der Waals surface area contributed by atoms with Crippen LogP contribution in [0.5, 0.6) is 0 Å². The van der Waals surface area contributed by atoms with Crippen LogP contribution in [0.4, 0.5) is 5.69 Å². The molecule has 0 fully saturated rings. The van der Waals surface area contributed by atoms with Gasteiger partial charge in [-0.2, -0.15) is 0 Å². The van der Waals surface area contributed by atoms with Crippen molar-refractivity contribution < 1.29 is 9.72 Å². The number of halogens is 1. The predicted octanol–water partition coefficient (Wildman–Crippen LogP) is 2.17. The fraction of sp³-hybridized carbons (Fsp3) is 0.400. The van der Waals surface area contributed by atoms with Gasteiger partial charge in [0.15, 0.2) is 0 Å². The molecule has 0 unspecified atom stereocenters. The third-order valence-corrected chi connectivity index (χ3v) is 2.07. The van der Waals surface area contributed by atoms with Gasteiger partial charge >= 0.3 is 0 Å². The summed E-state index contributed by atoms with van der Waals surface area (Å²) in [6.45, 7) is 5.39. The summed E-state index contributed by atoms with van der Waals surface area (Å²) in [4.78, 5) is 25.3. The smallest absolute Gasteiger partial charge is 0.288 e. The molecular weight excluding hydrogens is 246 g/mol. The van der Waals surface area contributed by atoms with Crippen molar-refractivity contribution in [1.29, 1.82) is 0 Å². The summed E-state index contributed by atoms with van der Waals surface area (Å²) in [6, 6.07) is 1.11. The van der Waals surface area contributed by atoms with E-state index in [9.17, 15) is 14.9 Å². The fourth-order valence-corrected chi connectivity index (χ4v) is 1.29. The number of pyridine rings is 1. The molecule has 1 amide bonds. The molecular formula is C10H12ClN3O3. The molecule has 0 bridgehead atoms. The van der Waals surface area contributed by atoms with Crippen LogP contribution in [0.2, 0.25) is 5.15 Å². The molecule has 0 aliphatic carbocycles. The normalized spacial score (nSPS) is 11.1. The van der Waals surface area contributed by atoms with E-state index in [0.717, 1.165) is 12.3 Å². The van der Waals surface area contributed by atoms with Crippen molar-refractivity contribution in [2.45, 2.75) is 26.3 Å². The van der Waals surface area contributed by atoms with Gasteiger partial charge in [-0.25, -0.2) is 4.98 Å². The lowest BCUT2D eigenvalue weighted by Gasteiger charge is -2.20. The average Bonchev–Trinajstić information content (AvgIpc) is 2.14. The van der Waals surface area contributed by atoms with E-state index in [2.05, 4.69) is 10.3 Å². The van der Waals surface area contributed by atoms with Crippen molar-refractivity contribution in [3.05, 3.63) is 33.1 Å². The first kappa shape index (κ1) is 13.4. The molecule has 0 atom stereocenters. The molecule has 1 aromatic rings. The molecule has 0 radical (unpaired) electrons. The molecule has 7 heteroatoms. The van der Waals surface area contributed by atoms with Gasteiger partial charge in [0.2, 0.25) is 0 Å². The molecule has 0 aliphatic rings. The zero-order valence-corrected chi connectivity index (χ0v) is 10.4. The van der Waals surface area contributed by atoms with Crippen molar-refractivity contribution in [3.63, 3.8) is 0 Å². The van der Waals surface area contributed by atoms with E-state index < -0.39 is 16.4 Å². The lowest BCUT2D eigenvalue weighted by molar-refractivity contribution is -0.385. The Hall–Kier alpha value is -1.69. The van der Waals surface area contributed by atoms with E-state index in [0.29, 0.717) is 0 Å². The first-order valence-corrected chi connectivity index (χ1v) is 5.21. The number of carbonyl (C=O) groups excluding carboxylic acids is 1. The number of hydrogen-bond donors (Lipinski definition) is 1. The van der Waals surface area contributed by atoms with Gasteiger partial charge in [0.1, 0.15) is 11.3 Å². The van der Waals surface area contributed by atoms with Gasteiger partial charge in [0, 0.05) is 11.6 Å². The molecule has 1 heterocycles. The largest absolute Gasteiger partial charge is 0.347 e. The van der Waals surface area contributed by atoms with Gasteiger partial charge in [-0.1, -0.05) is 11.6 Å². The lowest BCUT2D eigenvalue weighted by Crippen LogP contribution is -2.40. The van der Waals surface area contributed by atoms with E-state index in [1.807, 2.05) is 0 Å². The number of nitro groups is 1. The summed E-state index contributed by atoms with van der Waals surface area (Å²) in [6.07, 6.45) is 1.01. The first-order valence-electron chi connectivity index (χ1n) is 4.83. The third-order valence-electron chi connectivity index (χ3n) is 1.77. The zero-order chi connectivity index (χ0) is 13.2. The second-order valence-corrected chi connectivity index (χ2v) is 4.85. The van der Waals surface area contributed by atoms with Crippen LogP contribution in [0.15, 0.2) is 12.3 Å². The van der Waals surface area contributed by atoms with Crippen molar-refractivity contribution in [1.82, 2.24) is 10.3 Å². The van der Waals surface area contributed by atoms with E-state index in [-0.39, 0.29) is 16.4 Å². The van der Waals surface area contributed by atoms with Crippen LogP contribution in [-0.2, 0) is 0 Å². The summed E-state index contributed by atoms with van der Waals surface area (Å²) in [5, 5.41) is 13.2. The summed E-state index contributed by atoms with van der Waals surface area (Å²) in [5.74, 6) is -0.487. The van der Waals surface area contributed by atoms with Crippen LogP contribution in [-0.4, -0.2) is 21.4 Å². The Morgan fingerprint density at radius 3 is 2.59 bits per heavy atom. The Labute approximate surface area is 103 Å². The molecule has 6 nitrogen and oxygen atoms in total. The molecule has 1 rings (SSSR count). The first-order chi connectivity index (χ1) is 7.70. The van der Waals surface area contributed by atoms with Crippen LogP contribution >= 0.6 is 11.6 Å². The van der Waals surface area contributed by atoms with Crippen LogP contribution < -0.4 is 5.32 Å². The third kappa shape index (κ3) is 3.67. The predicted molar refractivity (Wildman–Crippen MR) is 63.1 cm³/mol. The standard InChI is InChI=1S/C10H12ClN3O3/c1-10(2,3)13-9(15)7-4-6(14(16)17)5-12-8(7)11/h4-5H,1-3H3,(H,13,15). The Morgan fingerprint density at radius 1 is 1.53 bits per heavy atom. The van der Waals surface area contributed by atoms with Crippen LogP contribution in [0, 0.1) is 10.1 Å². The number of nitrogens with one attached hydrogen (secondary N) is 1. The van der Waals surface area contributed by atoms with Crippen LogP contribution in [0.3, 0.4) is 0 Å². The Bertz CT molecular complexity index is 468. The minimum absolute atomic E-state index is 0.00390. The number of nitrogens with zero attached hydrogens (tertiary/aromatic N) is 2. The minimum atomic E-state index is -0.628. The molecule has 0 saturated carbocycles. The molecule has 92 valence electrons. The van der Waals surface area contributed by atoms with E-state index in [4.69, 9.17) is 11.6 Å². The Kier molecular flexibility index (Phi) is 3.67. The van der Waals surface area contributed by atoms with Gasteiger partial charge in [-0.05, 0) is 20.8 Å². The zero-order valence-electron chi connectivity index (χ0n) is 9.65. The van der Waals surface area contributed by atoms with Gasteiger partial charge in [0.05, 0.1) is 10.5 Å². The second-order valence-electron chi connectivity index (χ2n) is 4.49. The molecule has 0 saturated heterocycles. The van der Waals surface area contributed by atoms with Gasteiger partial charge < -0.3 is 5.32 Å². The number of hydrogen-bond acceptors (Lipinski definition) is 4. The topological polar surface area (TPSA) is 85.1 Å². The van der Waals surface area contributed by atoms with Gasteiger partial charge in [0.25, 0.3) is 11.6 Å². The van der Waals surface area contributed by atoms with Crippen molar-refractivity contribution in [2.24, 2.45) is 0 Å². The molecule has 17 heavy (non-hydrogen) atoms. The molecule has 0 spiro atoms. The van der Waals surface area contributed by atoms with E-state index in [1.54, 1.807) is 20.8 Å². The summed E-state index contributed by atoms with van der Waals surface area (Å²) in [5.41, 5.74) is -0.727. The highest BCUT2D eigenvalue weighted by Crippen LogP contribution is 2.19. The molecule has 1 aromatic heterocycles. The maximum atomic E-state index is 11.8. The van der Waals surface area contributed by atoms with Crippen molar-refractivity contribution in [3.8, 4) is 0 Å². The van der Waals surface area contributed by atoms with E-state index in [1.165, 1.54) is 0 Å². The van der Waals surface area contributed by atoms with E-state index >= 15 is 0 Å². The maximum absolute atomic E-state index is 11.8. The Morgan fingerprint density at radius 2 is 2.12 bits per heavy atom. The highest BCUT2D eigenvalue weighted by molar-refractivity contribution is 6.32. The average molecular weight is 258 g/mol. The quantitative estimate of drug-likeness (QED) is 0.500. The van der Waals surface area contributed by atoms with Crippen molar-refractivity contribution in [2.75, 3.05) is 0 Å². The summed E-state index contributed by atoms with van der Waals surface area (Å²) in [7, 11) is 0. The molecule has 0 aliphatic heterocycles. The second kappa shape index (κ2) is 4.67. The monoisotopic (exact) mass is 257 g/mol.